The molecule has 3 nitrogen and oxygen atoms in total. The van der Waals surface area contributed by atoms with Gasteiger partial charge in [0.25, 0.3) is 5.91 Å². The van der Waals surface area contributed by atoms with Gasteiger partial charge in [-0.3, -0.25) is 4.79 Å². The Morgan fingerprint density at radius 3 is 2.00 bits per heavy atom. The number of para-hydroxylation sites is 1. The molecule has 0 aliphatic heterocycles. The number of anilines is 1. The first-order valence-electron chi connectivity index (χ1n) is 12.8. The van der Waals surface area contributed by atoms with Gasteiger partial charge in [0.05, 0.1) is 0 Å². The van der Waals surface area contributed by atoms with Crippen molar-refractivity contribution in [1.82, 2.24) is 5.32 Å². The van der Waals surface area contributed by atoms with Crippen LogP contribution in [0, 0.1) is 0 Å². The summed E-state index contributed by atoms with van der Waals surface area (Å²) in [5.41, 5.74) is 4.43. The van der Waals surface area contributed by atoms with Gasteiger partial charge in [0.15, 0.2) is 0 Å². The first kappa shape index (κ1) is 26.0. The number of hydrogen-bond donors (Lipinski definition) is 2. The molecular formula is C29H44N2O. The van der Waals surface area contributed by atoms with E-state index in [4.69, 9.17) is 0 Å². The molecule has 2 aromatic carbocycles. The molecule has 0 saturated carbocycles. The zero-order valence-corrected chi connectivity index (χ0v) is 20.6. The fraction of sp³-hybridized carbons (Fsp3) is 0.552. The summed E-state index contributed by atoms with van der Waals surface area (Å²) >= 11 is 0. The summed E-state index contributed by atoms with van der Waals surface area (Å²) in [6.07, 6.45) is 13.1. The van der Waals surface area contributed by atoms with Crippen LogP contribution in [0.3, 0.4) is 0 Å². The summed E-state index contributed by atoms with van der Waals surface area (Å²) < 4.78 is 0. The first-order valence-corrected chi connectivity index (χ1v) is 12.8. The molecular weight excluding hydrogens is 392 g/mol. The van der Waals surface area contributed by atoms with Crippen molar-refractivity contribution in [1.29, 1.82) is 0 Å². The zero-order valence-electron chi connectivity index (χ0n) is 20.6. The number of nitrogens with one attached hydrogen (secondary N) is 2. The van der Waals surface area contributed by atoms with E-state index in [1.807, 2.05) is 24.3 Å². The van der Waals surface area contributed by atoms with Gasteiger partial charge in [-0.15, -0.1) is 0 Å². The highest BCUT2D eigenvalue weighted by atomic mass is 16.1. The number of carbonyl (C=O) groups is 1. The molecule has 0 radical (unpaired) electrons. The fourth-order valence-corrected chi connectivity index (χ4v) is 4.05. The Bertz CT molecular complexity index is 767. The fourth-order valence-electron chi connectivity index (χ4n) is 4.05. The van der Waals surface area contributed by atoms with Crippen LogP contribution in [0.15, 0.2) is 48.5 Å². The van der Waals surface area contributed by atoms with E-state index in [-0.39, 0.29) is 5.91 Å². The molecule has 32 heavy (non-hydrogen) atoms. The molecule has 3 heteroatoms. The molecule has 0 heterocycles. The lowest BCUT2D eigenvalue weighted by Crippen LogP contribution is -2.24. The molecule has 0 aliphatic carbocycles. The number of hydrogen-bond acceptors (Lipinski definition) is 2. The zero-order chi connectivity index (χ0) is 23.0. The van der Waals surface area contributed by atoms with Gasteiger partial charge in [-0.1, -0.05) is 109 Å². The number of benzene rings is 2. The highest BCUT2D eigenvalue weighted by Crippen LogP contribution is 2.24. The maximum absolute atomic E-state index is 12.4. The monoisotopic (exact) mass is 436 g/mol. The van der Waals surface area contributed by atoms with Crippen LogP contribution >= 0.6 is 0 Å². The first-order chi connectivity index (χ1) is 15.6. The largest absolute Gasteiger partial charge is 0.381 e. The van der Waals surface area contributed by atoms with Crippen LogP contribution in [-0.4, -0.2) is 12.5 Å². The maximum Gasteiger partial charge on any atom is 0.251 e. The van der Waals surface area contributed by atoms with Crippen LogP contribution < -0.4 is 10.6 Å². The Hall–Kier alpha value is -2.29. The van der Waals surface area contributed by atoms with Gasteiger partial charge < -0.3 is 10.6 Å². The minimum absolute atomic E-state index is 0.0330. The maximum atomic E-state index is 12.4. The Kier molecular flexibility index (Phi) is 12.6. The average Bonchev–Trinajstić information content (AvgIpc) is 2.81. The SMILES string of the molecule is CCCCCCCCCCCCNC(=O)c1ccc(CNc2ccccc2C(C)C)cc1. The lowest BCUT2D eigenvalue weighted by Gasteiger charge is -2.14. The lowest BCUT2D eigenvalue weighted by molar-refractivity contribution is 0.0953. The lowest BCUT2D eigenvalue weighted by atomic mass is 10.0. The summed E-state index contributed by atoms with van der Waals surface area (Å²) in [6, 6.07) is 16.4. The van der Waals surface area contributed by atoms with Crippen molar-refractivity contribution in [3.8, 4) is 0 Å². The van der Waals surface area contributed by atoms with Gasteiger partial charge in [0.2, 0.25) is 0 Å². The smallest absolute Gasteiger partial charge is 0.251 e. The summed E-state index contributed by atoms with van der Waals surface area (Å²) in [7, 11) is 0. The van der Waals surface area contributed by atoms with E-state index < -0.39 is 0 Å². The summed E-state index contributed by atoms with van der Waals surface area (Å²) in [5, 5.41) is 6.60. The Balaban J connectivity index is 1.61. The van der Waals surface area contributed by atoms with Gasteiger partial charge in [0.1, 0.15) is 0 Å². The van der Waals surface area contributed by atoms with E-state index in [1.54, 1.807) is 0 Å². The van der Waals surface area contributed by atoms with Crippen molar-refractivity contribution in [2.24, 2.45) is 0 Å². The molecule has 0 bridgehead atoms. The molecule has 0 fully saturated rings. The Labute approximate surface area is 196 Å². The van der Waals surface area contributed by atoms with Crippen molar-refractivity contribution < 1.29 is 4.79 Å². The number of unbranched alkanes of at least 4 members (excludes halogenated alkanes) is 9. The van der Waals surface area contributed by atoms with E-state index in [9.17, 15) is 4.79 Å². The van der Waals surface area contributed by atoms with Crippen molar-refractivity contribution in [3.05, 3.63) is 65.2 Å². The van der Waals surface area contributed by atoms with Gasteiger partial charge in [-0.2, -0.15) is 0 Å². The van der Waals surface area contributed by atoms with Crippen molar-refractivity contribution in [2.75, 3.05) is 11.9 Å². The average molecular weight is 437 g/mol. The molecule has 0 aromatic heterocycles. The quantitative estimate of drug-likeness (QED) is 0.261. The van der Waals surface area contributed by atoms with Crippen molar-refractivity contribution >= 4 is 11.6 Å². The summed E-state index contributed by atoms with van der Waals surface area (Å²) in [5.74, 6) is 0.519. The van der Waals surface area contributed by atoms with Crippen molar-refractivity contribution in [3.63, 3.8) is 0 Å². The molecule has 0 unspecified atom stereocenters. The second kappa shape index (κ2) is 15.5. The molecule has 1 amide bonds. The van der Waals surface area contributed by atoms with E-state index in [0.717, 1.165) is 25.1 Å². The molecule has 2 N–H and O–H groups in total. The second-order valence-electron chi connectivity index (χ2n) is 9.23. The standard InChI is InChI=1S/C29H44N2O/c1-4-5-6-7-8-9-10-11-12-15-22-30-29(32)26-20-18-25(19-21-26)23-31-28-17-14-13-16-27(28)24(2)3/h13-14,16-21,24,31H,4-12,15,22-23H2,1-3H3,(H,30,32). The van der Waals surface area contributed by atoms with Crippen LogP contribution in [0.1, 0.15) is 112 Å². The van der Waals surface area contributed by atoms with Crippen LogP contribution in [-0.2, 0) is 6.54 Å². The Morgan fingerprint density at radius 1 is 0.781 bits per heavy atom. The number of rotatable bonds is 16. The minimum Gasteiger partial charge on any atom is -0.381 e. The highest BCUT2D eigenvalue weighted by molar-refractivity contribution is 5.94. The third-order valence-electron chi connectivity index (χ3n) is 6.10. The van der Waals surface area contributed by atoms with Crippen LogP contribution in [0.2, 0.25) is 0 Å². The minimum atomic E-state index is 0.0330. The van der Waals surface area contributed by atoms with E-state index >= 15 is 0 Å². The van der Waals surface area contributed by atoms with Crippen LogP contribution in [0.5, 0.6) is 0 Å². The molecule has 0 saturated heterocycles. The van der Waals surface area contributed by atoms with Gasteiger partial charge >= 0.3 is 0 Å². The summed E-state index contributed by atoms with van der Waals surface area (Å²) in [4.78, 5) is 12.4. The number of carbonyl (C=O) groups excluding carboxylic acids is 1. The number of amides is 1. The van der Waals surface area contributed by atoms with E-state index in [1.165, 1.54) is 74.6 Å². The van der Waals surface area contributed by atoms with Gasteiger partial charge in [-0.05, 0) is 41.7 Å². The molecule has 0 atom stereocenters. The Morgan fingerprint density at radius 2 is 1.38 bits per heavy atom. The topological polar surface area (TPSA) is 41.1 Å². The normalized spacial score (nSPS) is 11.0. The molecule has 2 aromatic rings. The molecule has 2 rings (SSSR count). The van der Waals surface area contributed by atoms with Crippen molar-refractivity contribution in [2.45, 2.75) is 97.4 Å². The summed E-state index contributed by atoms with van der Waals surface area (Å²) in [6.45, 7) is 8.21. The van der Waals surface area contributed by atoms with Crippen LogP contribution in [0.25, 0.3) is 0 Å². The predicted octanol–water partition coefficient (Wildman–Crippen LogP) is 8.07. The molecule has 0 aliphatic rings. The third-order valence-corrected chi connectivity index (χ3v) is 6.10. The van der Waals surface area contributed by atoms with Gasteiger partial charge in [0, 0.05) is 24.3 Å². The third kappa shape index (κ3) is 9.89. The predicted molar refractivity (Wildman–Crippen MR) is 138 cm³/mol. The van der Waals surface area contributed by atoms with E-state index in [2.05, 4.69) is 55.7 Å². The second-order valence-corrected chi connectivity index (χ2v) is 9.23. The highest BCUT2D eigenvalue weighted by Gasteiger charge is 2.07. The molecule has 0 spiro atoms. The van der Waals surface area contributed by atoms with Gasteiger partial charge in [-0.25, -0.2) is 0 Å². The van der Waals surface area contributed by atoms with Crippen LogP contribution in [0.4, 0.5) is 5.69 Å². The van der Waals surface area contributed by atoms with E-state index in [0.29, 0.717) is 5.92 Å². The molecule has 176 valence electrons.